The van der Waals surface area contributed by atoms with Crippen LogP contribution in [0.25, 0.3) is 11.3 Å². The lowest BCUT2D eigenvalue weighted by Crippen LogP contribution is -1.89. The van der Waals surface area contributed by atoms with Crippen molar-refractivity contribution in [3.63, 3.8) is 0 Å². The van der Waals surface area contributed by atoms with E-state index in [-0.39, 0.29) is 0 Å². The first-order valence-corrected chi connectivity index (χ1v) is 7.91. The van der Waals surface area contributed by atoms with E-state index in [2.05, 4.69) is 16.4 Å². The van der Waals surface area contributed by atoms with Crippen LogP contribution in [0.5, 0.6) is 0 Å². The molecule has 3 aromatic rings. The van der Waals surface area contributed by atoms with Crippen LogP contribution in [0.2, 0.25) is 5.02 Å². The Morgan fingerprint density at radius 2 is 1.95 bits per heavy atom. The summed E-state index contributed by atoms with van der Waals surface area (Å²) in [4.78, 5) is 4.59. The minimum Gasteiger partial charge on any atom is -0.332 e. The van der Waals surface area contributed by atoms with Gasteiger partial charge in [-0.05, 0) is 48.9 Å². The van der Waals surface area contributed by atoms with Crippen LogP contribution in [-0.4, -0.2) is 4.98 Å². The van der Waals surface area contributed by atoms with Gasteiger partial charge >= 0.3 is 0 Å². The summed E-state index contributed by atoms with van der Waals surface area (Å²) in [6, 6.07) is 15.3. The molecule has 0 atom stereocenters. The SMILES string of the molecule is Cc1cc(-c2csc(Nc3ccc(C#N)cc3)n2)ccc1Cl. The van der Waals surface area contributed by atoms with Crippen LogP contribution in [0, 0.1) is 18.3 Å². The molecule has 1 aromatic heterocycles. The number of nitrogens with one attached hydrogen (secondary N) is 1. The quantitative estimate of drug-likeness (QED) is 0.702. The monoisotopic (exact) mass is 325 g/mol. The summed E-state index contributed by atoms with van der Waals surface area (Å²) < 4.78 is 0. The topological polar surface area (TPSA) is 48.7 Å². The summed E-state index contributed by atoms with van der Waals surface area (Å²) in [5.74, 6) is 0. The third kappa shape index (κ3) is 3.11. The van der Waals surface area contributed by atoms with Gasteiger partial charge in [0.25, 0.3) is 0 Å². The van der Waals surface area contributed by atoms with Gasteiger partial charge in [-0.1, -0.05) is 17.7 Å². The Morgan fingerprint density at radius 1 is 1.18 bits per heavy atom. The number of hydrogen-bond acceptors (Lipinski definition) is 4. The number of halogens is 1. The molecule has 1 N–H and O–H groups in total. The minimum atomic E-state index is 0.641. The zero-order valence-electron chi connectivity index (χ0n) is 11.8. The first-order valence-electron chi connectivity index (χ1n) is 6.65. The van der Waals surface area contributed by atoms with Crippen LogP contribution < -0.4 is 5.32 Å². The fourth-order valence-electron chi connectivity index (χ4n) is 2.02. The van der Waals surface area contributed by atoms with E-state index in [1.165, 1.54) is 11.3 Å². The molecule has 0 aliphatic rings. The number of benzene rings is 2. The van der Waals surface area contributed by atoms with Crippen LogP contribution in [-0.2, 0) is 0 Å². The number of nitrogens with zero attached hydrogens (tertiary/aromatic N) is 2. The zero-order valence-corrected chi connectivity index (χ0v) is 13.4. The van der Waals surface area contributed by atoms with Crippen LogP contribution in [0.1, 0.15) is 11.1 Å². The molecule has 0 saturated carbocycles. The highest BCUT2D eigenvalue weighted by molar-refractivity contribution is 7.14. The third-order valence-corrected chi connectivity index (χ3v) is 4.40. The highest BCUT2D eigenvalue weighted by atomic mass is 35.5. The molecule has 0 amide bonds. The maximum absolute atomic E-state index is 8.80. The Balaban J connectivity index is 1.81. The number of aryl methyl sites for hydroxylation is 1. The molecular formula is C17H12ClN3S. The summed E-state index contributed by atoms with van der Waals surface area (Å²) in [5, 5.41) is 15.6. The van der Waals surface area contributed by atoms with E-state index in [9.17, 15) is 0 Å². The fraction of sp³-hybridized carbons (Fsp3) is 0.0588. The third-order valence-electron chi connectivity index (χ3n) is 3.22. The first-order chi connectivity index (χ1) is 10.7. The predicted octanol–water partition coefficient (Wildman–Crippen LogP) is 5.39. The number of rotatable bonds is 3. The summed E-state index contributed by atoms with van der Waals surface area (Å²) in [6.07, 6.45) is 0. The summed E-state index contributed by atoms with van der Waals surface area (Å²) in [6.45, 7) is 1.98. The summed E-state index contributed by atoms with van der Waals surface area (Å²) in [7, 11) is 0. The van der Waals surface area contributed by atoms with Crippen LogP contribution in [0.15, 0.2) is 47.8 Å². The van der Waals surface area contributed by atoms with E-state index in [1.54, 1.807) is 12.1 Å². The molecule has 5 heteroatoms. The minimum absolute atomic E-state index is 0.641. The van der Waals surface area contributed by atoms with Gasteiger partial charge in [0.15, 0.2) is 5.13 Å². The molecule has 0 unspecified atom stereocenters. The van der Waals surface area contributed by atoms with Gasteiger partial charge in [-0.15, -0.1) is 11.3 Å². The number of aromatic nitrogens is 1. The van der Waals surface area contributed by atoms with Crippen molar-refractivity contribution in [1.82, 2.24) is 4.98 Å². The van der Waals surface area contributed by atoms with E-state index in [0.29, 0.717) is 5.56 Å². The molecule has 0 aliphatic carbocycles. The van der Waals surface area contributed by atoms with Gasteiger partial charge in [0.05, 0.1) is 17.3 Å². The lowest BCUT2D eigenvalue weighted by atomic mass is 10.1. The van der Waals surface area contributed by atoms with E-state index in [1.807, 2.05) is 42.6 Å². The van der Waals surface area contributed by atoms with Gasteiger partial charge in [0.1, 0.15) is 0 Å². The maximum atomic E-state index is 8.80. The Bertz CT molecular complexity index is 847. The second-order valence-electron chi connectivity index (χ2n) is 4.82. The van der Waals surface area contributed by atoms with Crippen molar-refractivity contribution in [1.29, 1.82) is 5.26 Å². The number of anilines is 2. The Labute approximate surface area is 137 Å². The molecule has 0 fully saturated rings. The summed E-state index contributed by atoms with van der Waals surface area (Å²) >= 11 is 7.59. The van der Waals surface area contributed by atoms with Crippen molar-refractivity contribution in [3.8, 4) is 17.3 Å². The average Bonchev–Trinajstić information content (AvgIpc) is 2.99. The van der Waals surface area contributed by atoms with Gasteiger partial charge in [0.2, 0.25) is 0 Å². The molecule has 108 valence electrons. The van der Waals surface area contributed by atoms with Crippen molar-refractivity contribution in [2.45, 2.75) is 6.92 Å². The van der Waals surface area contributed by atoms with Gasteiger partial charge in [-0.25, -0.2) is 4.98 Å². The number of hydrogen-bond donors (Lipinski definition) is 1. The first kappa shape index (κ1) is 14.6. The molecule has 1 heterocycles. The molecule has 3 nitrogen and oxygen atoms in total. The van der Waals surface area contributed by atoms with Crippen LogP contribution in [0.4, 0.5) is 10.8 Å². The van der Waals surface area contributed by atoms with Crippen molar-refractivity contribution in [3.05, 3.63) is 64.0 Å². The molecule has 0 aliphatic heterocycles. The molecule has 3 rings (SSSR count). The highest BCUT2D eigenvalue weighted by Gasteiger charge is 2.06. The van der Waals surface area contributed by atoms with Crippen molar-refractivity contribution in [2.75, 3.05) is 5.32 Å². The average molecular weight is 326 g/mol. The molecule has 0 bridgehead atoms. The van der Waals surface area contributed by atoms with Gasteiger partial charge in [-0.3, -0.25) is 0 Å². The number of thiazole rings is 1. The Kier molecular flexibility index (Phi) is 4.10. The van der Waals surface area contributed by atoms with Crippen molar-refractivity contribution >= 4 is 33.8 Å². The van der Waals surface area contributed by atoms with E-state index in [0.717, 1.165) is 32.7 Å². The second-order valence-corrected chi connectivity index (χ2v) is 6.08. The Hall–Kier alpha value is -2.35. The van der Waals surface area contributed by atoms with E-state index in [4.69, 9.17) is 16.9 Å². The largest absolute Gasteiger partial charge is 0.332 e. The molecule has 22 heavy (non-hydrogen) atoms. The van der Waals surface area contributed by atoms with Gasteiger partial charge < -0.3 is 5.32 Å². The molecular weight excluding hydrogens is 314 g/mol. The Morgan fingerprint density at radius 3 is 2.64 bits per heavy atom. The van der Waals surface area contributed by atoms with Gasteiger partial charge in [0, 0.05) is 21.7 Å². The van der Waals surface area contributed by atoms with Gasteiger partial charge in [-0.2, -0.15) is 5.26 Å². The van der Waals surface area contributed by atoms with E-state index >= 15 is 0 Å². The van der Waals surface area contributed by atoms with Crippen LogP contribution >= 0.6 is 22.9 Å². The normalized spacial score (nSPS) is 10.2. The maximum Gasteiger partial charge on any atom is 0.187 e. The predicted molar refractivity (Wildman–Crippen MR) is 91.7 cm³/mol. The number of nitriles is 1. The zero-order chi connectivity index (χ0) is 15.5. The standard InChI is InChI=1S/C17H12ClN3S/c1-11-8-13(4-7-15(11)18)16-10-22-17(21-16)20-14-5-2-12(9-19)3-6-14/h2-8,10H,1H3,(H,20,21). The lowest BCUT2D eigenvalue weighted by Gasteiger charge is -2.03. The van der Waals surface area contributed by atoms with Crippen molar-refractivity contribution in [2.24, 2.45) is 0 Å². The van der Waals surface area contributed by atoms with E-state index < -0.39 is 0 Å². The molecule has 0 radical (unpaired) electrons. The smallest absolute Gasteiger partial charge is 0.187 e. The molecule has 2 aromatic carbocycles. The molecule has 0 saturated heterocycles. The van der Waals surface area contributed by atoms with Crippen molar-refractivity contribution < 1.29 is 0 Å². The highest BCUT2D eigenvalue weighted by Crippen LogP contribution is 2.29. The summed E-state index contributed by atoms with van der Waals surface area (Å²) in [5.41, 5.74) is 4.55. The molecule has 0 spiro atoms. The lowest BCUT2D eigenvalue weighted by molar-refractivity contribution is 1.37. The second kappa shape index (κ2) is 6.18. The fourth-order valence-corrected chi connectivity index (χ4v) is 2.88. The van der Waals surface area contributed by atoms with Crippen LogP contribution in [0.3, 0.4) is 0 Å².